The largest absolute Gasteiger partial charge is 0.385 e. The first-order valence-corrected chi connectivity index (χ1v) is 8.84. The van der Waals surface area contributed by atoms with Crippen LogP contribution in [0, 0.1) is 5.92 Å². The zero-order valence-electron chi connectivity index (χ0n) is 11.7. The second-order valence-corrected chi connectivity index (χ2v) is 7.45. The van der Waals surface area contributed by atoms with Crippen LogP contribution < -0.4 is 5.32 Å². The molecule has 0 aromatic rings. The van der Waals surface area contributed by atoms with Gasteiger partial charge < -0.3 is 10.1 Å². The zero-order valence-corrected chi connectivity index (χ0v) is 12.5. The molecule has 1 aliphatic rings. The minimum atomic E-state index is -2.89. The van der Waals surface area contributed by atoms with E-state index >= 15 is 0 Å². The maximum absolute atomic E-state index is 11.9. The van der Waals surface area contributed by atoms with Gasteiger partial charge >= 0.3 is 0 Å². The van der Waals surface area contributed by atoms with Crippen LogP contribution in [-0.2, 0) is 14.6 Å². The minimum Gasteiger partial charge on any atom is -0.385 e. The van der Waals surface area contributed by atoms with Crippen molar-refractivity contribution in [2.45, 2.75) is 45.1 Å². The molecule has 2 unspecified atom stereocenters. The van der Waals surface area contributed by atoms with Crippen molar-refractivity contribution in [3.05, 3.63) is 0 Å². The van der Waals surface area contributed by atoms with Crippen molar-refractivity contribution in [1.29, 1.82) is 0 Å². The van der Waals surface area contributed by atoms with Gasteiger partial charge in [-0.05, 0) is 38.1 Å². The van der Waals surface area contributed by atoms with E-state index in [0.717, 1.165) is 13.0 Å². The van der Waals surface area contributed by atoms with E-state index < -0.39 is 9.84 Å². The molecule has 0 saturated heterocycles. The fourth-order valence-corrected chi connectivity index (χ4v) is 4.19. The maximum atomic E-state index is 11.9. The van der Waals surface area contributed by atoms with Crippen LogP contribution in [0.2, 0.25) is 0 Å². The molecular formula is C13H27NO3S. The molecule has 1 aliphatic carbocycles. The first-order chi connectivity index (χ1) is 8.59. The van der Waals surface area contributed by atoms with Gasteiger partial charge in [0.25, 0.3) is 0 Å². The van der Waals surface area contributed by atoms with Gasteiger partial charge in [0.2, 0.25) is 0 Å². The van der Waals surface area contributed by atoms with Gasteiger partial charge in [-0.25, -0.2) is 8.42 Å². The lowest BCUT2D eigenvalue weighted by atomic mass is 10.0. The Labute approximate surface area is 111 Å². The zero-order chi connectivity index (χ0) is 13.4. The summed E-state index contributed by atoms with van der Waals surface area (Å²) in [7, 11) is -1.28. The van der Waals surface area contributed by atoms with Crippen molar-refractivity contribution in [2.75, 3.05) is 31.8 Å². The van der Waals surface area contributed by atoms with Gasteiger partial charge in [-0.2, -0.15) is 0 Å². The molecule has 1 rings (SSSR count). The summed E-state index contributed by atoms with van der Waals surface area (Å²) in [6.45, 7) is 3.61. The Balaban J connectivity index is 2.30. The number of rotatable bonds is 9. The third kappa shape index (κ3) is 5.67. The van der Waals surface area contributed by atoms with E-state index in [1.54, 1.807) is 7.11 Å². The maximum Gasteiger partial charge on any atom is 0.150 e. The van der Waals surface area contributed by atoms with E-state index in [0.29, 0.717) is 30.7 Å². The molecule has 2 atom stereocenters. The molecule has 0 aliphatic heterocycles. The quantitative estimate of drug-likeness (QED) is 0.651. The second-order valence-electron chi connectivity index (χ2n) is 5.14. The molecule has 0 radical (unpaired) electrons. The molecule has 1 N–H and O–H groups in total. The molecule has 0 heterocycles. The van der Waals surface area contributed by atoms with E-state index in [9.17, 15) is 8.42 Å². The summed E-state index contributed by atoms with van der Waals surface area (Å²) in [5, 5.41) is 3.47. The third-order valence-electron chi connectivity index (χ3n) is 3.73. The Kier molecular flexibility index (Phi) is 7.19. The Bertz CT molecular complexity index is 316. The van der Waals surface area contributed by atoms with E-state index in [-0.39, 0.29) is 5.75 Å². The molecule has 4 nitrogen and oxygen atoms in total. The normalized spacial score (nSPS) is 24.6. The van der Waals surface area contributed by atoms with Crippen LogP contribution in [0.1, 0.15) is 39.0 Å². The molecule has 1 fully saturated rings. The number of ether oxygens (including phenoxy) is 1. The molecule has 0 aromatic heterocycles. The fraction of sp³-hybridized carbons (Fsp3) is 1.00. The summed E-state index contributed by atoms with van der Waals surface area (Å²) in [5.41, 5.74) is 0. The number of methoxy groups -OCH3 is 1. The highest BCUT2D eigenvalue weighted by Crippen LogP contribution is 2.28. The first kappa shape index (κ1) is 15.9. The third-order valence-corrected chi connectivity index (χ3v) is 5.50. The standard InChI is InChI=1S/C13H27NO3S/c1-3-14-13-7-4-6-12(13)8-11-18(15,16)10-5-9-17-2/h12-14H,3-11H2,1-2H3. The molecular weight excluding hydrogens is 250 g/mol. The molecule has 108 valence electrons. The van der Waals surface area contributed by atoms with Gasteiger partial charge in [-0.15, -0.1) is 0 Å². The minimum absolute atomic E-state index is 0.263. The van der Waals surface area contributed by atoms with Crippen molar-refractivity contribution >= 4 is 9.84 Å². The lowest BCUT2D eigenvalue weighted by Gasteiger charge is -2.20. The van der Waals surface area contributed by atoms with Crippen LogP contribution in [0.25, 0.3) is 0 Å². The summed E-state index contributed by atoms with van der Waals surface area (Å²) in [6, 6.07) is 0.532. The monoisotopic (exact) mass is 277 g/mol. The van der Waals surface area contributed by atoms with Crippen LogP contribution in [0.5, 0.6) is 0 Å². The van der Waals surface area contributed by atoms with Gasteiger partial charge in [-0.3, -0.25) is 0 Å². The topological polar surface area (TPSA) is 55.4 Å². The van der Waals surface area contributed by atoms with Crippen LogP contribution in [0.3, 0.4) is 0 Å². The van der Waals surface area contributed by atoms with E-state index in [4.69, 9.17) is 4.74 Å². The predicted octanol–water partition coefficient (Wildman–Crippen LogP) is 1.61. The Morgan fingerprint density at radius 2 is 2.06 bits per heavy atom. The molecule has 0 spiro atoms. The molecule has 1 saturated carbocycles. The van der Waals surface area contributed by atoms with E-state index in [1.807, 2.05) is 0 Å². The summed E-state index contributed by atoms with van der Waals surface area (Å²) >= 11 is 0. The van der Waals surface area contributed by atoms with Crippen LogP contribution in [0.4, 0.5) is 0 Å². The molecule has 18 heavy (non-hydrogen) atoms. The molecule has 5 heteroatoms. The highest BCUT2D eigenvalue weighted by Gasteiger charge is 2.27. The van der Waals surface area contributed by atoms with Gasteiger partial charge in [0.05, 0.1) is 11.5 Å². The lowest BCUT2D eigenvalue weighted by molar-refractivity contribution is 0.199. The van der Waals surface area contributed by atoms with Crippen molar-refractivity contribution in [3.63, 3.8) is 0 Å². The first-order valence-electron chi connectivity index (χ1n) is 7.02. The summed E-state index contributed by atoms with van der Waals surface area (Å²) in [6.07, 6.45) is 5.02. The van der Waals surface area contributed by atoms with Crippen molar-refractivity contribution < 1.29 is 13.2 Å². The van der Waals surface area contributed by atoms with Crippen LogP contribution in [-0.4, -0.2) is 46.2 Å². The Hall–Kier alpha value is -0.130. The van der Waals surface area contributed by atoms with Crippen molar-refractivity contribution in [2.24, 2.45) is 5.92 Å². The average Bonchev–Trinajstić information content (AvgIpc) is 2.75. The SMILES string of the molecule is CCNC1CCCC1CCS(=O)(=O)CCCOC. The summed E-state index contributed by atoms with van der Waals surface area (Å²) in [5.74, 6) is 1.14. The van der Waals surface area contributed by atoms with Gasteiger partial charge in [0.15, 0.2) is 0 Å². The molecule has 0 bridgehead atoms. The number of hydrogen-bond acceptors (Lipinski definition) is 4. The van der Waals surface area contributed by atoms with Crippen molar-refractivity contribution in [1.82, 2.24) is 5.32 Å². The Morgan fingerprint density at radius 3 is 2.72 bits per heavy atom. The van der Waals surface area contributed by atoms with Gasteiger partial charge in [0, 0.05) is 19.8 Å². The average molecular weight is 277 g/mol. The van der Waals surface area contributed by atoms with Crippen molar-refractivity contribution in [3.8, 4) is 0 Å². The highest BCUT2D eigenvalue weighted by molar-refractivity contribution is 7.91. The van der Waals surface area contributed by atoms with Crippen LogP contribution in [0.15, 0.2) is 0 Å². The Morgan fingerprint density at radius 1 is 1.28 bits per heavy atom. The number of nitrogens with one attached hydrogen (secondary N) is 1. The number of hydrogen-bond donors (Lipinski definition) is 1. The van der Waals surface area contributed by atoms with E-state index in [1.165, 1.54) is 19.3 Å². The summed E-state index contributed by atoms with van der Waals surface area (Å²) < 4.78 is 28.6. The predicted molar refractivity (Wildman–Crippen MR) is 74.6 cm³/mol. The summed E-state index contributed by atoms with van der Waals surface area (Å²) in [4.78, 5) is 0. The molecule has 0 aromatic carbocycles. The highest BCUT2D eigenvalue weighted by atomic mass is 32.2. The smallest absolute Gasteiger partial charge is 0.150 e. The van der Waals surface area contributed by atoms with E-state index in [2.05, 4.69) is 12.2 Å². The van der Waals surface area contributed by atoms with Gasteiger partial charge in [-0.1, -0.05) is 13.3 Å². The number of sulfone groups is 1. The lowest BCUT2D eigenvalue weighted by Crippen LogP contribution is -2.33. The fourth-order valence-electron chi connectivity index (χ4n) is 2.77. The van der Waals surface area contributed by atoms with Crippen LogP contribution >= 0.6 is 0 Å². The van der Waals surface area contributed by atoms with Gasteiger partial charge in [0.1, 0.15) is 9.84 Å². The second kappa shape index (κ2) is 8.12. The molecule has 0 amide bonds.